The summed E-state index contributed by atoms with van der Waals surface area (Å²) in [5.74, 6) is 0. The van der Waals surface area contributed by atoms with Gasteiger partial charge in [-0.3, -0.25) is 4.98 Å². The highest BCUT2D eigenvalue weighted by Crippen LogP contribution is 2.33. The van der Waals surface area contributed by atoms with Crippen LogP contribution in [0.25, 0.3) is 0 Å². The SMILES string of the molecule is CNCc1ccncc1N1CCOC2CCCCC21. The molecule has 104 valence electrons. The molecule has 0 amide bonds. The van der Waals surface area contributed by atoms with Crippen LogP contribution in [0.3, 0.4) is 0 Å². The van der Waals surface area contributed by atoms with Crippen LogP contribution < -0.4 is 10.2 Å². The van der Waals surface area contributed by atoms with Gasteiger partial charge < -0.3 is 15.0 Å². The molecule has 2 fully saturated rings. The molecule has 1 saturated heterocycles. The lowest BCUT2D eigenvalue weighted by atomic mass is 9.89. The zero-order valence-electron chi connectivity index (χ0n) is 11.6. The lowest BCUT2D eigenvalue weighted by molar-refractivity contribution is -0.00876. The number of nitrogens with zero attached hydrogens (tertiary/aromatic N) is 2. The van der Waals surface area contributed by atoms with Gasteiger partial charge in [-0.2, -0.15) is 0 Å². The Hall–Kier alpha value is -1.13. The Bertz CT molecular complexity index is 422. The molecule has 4 heteroatoms. The van der Waals surface area contributed by atoms with Crippen molar-refractivity contribution in [2.24, 2.45) is 0 Å². The molecule has 4 nitrogen and oxygen atoms in total. The highest BCUT2D eigenvalue weighted by atomic mass is 16.5. The summed E-state index contributed by atoms with van der Waals surface area (Å²) in [5, 5.41) is 3.25. The fraction of sp³-hybridized carbons (Fsp3) is 0.667. The Balaban J connectivity index is 1.87. The van der Waals surface area contributed by atoms with Crippen molar-refractivity contribution in [2.45, 2.75) is 44.4 Å². The molecule has 1 aromatic heterocycles. The minimum atomic E-state index is 0.421. The van der Waals surface area contributed by atoms with Crippen LogP contribution in [0.5, 0.6) is 0 Å². The van der Waals surface area contributed by atoms with E-state index in [1.165, 1.54) is 36.9 Å². The second-order valence-electron chi connectivity index (χ2n) is 5.49. The molecule has 3 rings (SSSR count). The molecule has 0 aromatic carbocycles. The monoisotopic (exact) mass is 261 g/mol. The minimum Gasteiger partial charge on any atom is -0.374 e. The number of anilines is 1. The quantitative estimate of drug-likeness (QED) is 0.902. The van der Waals surface area contributed by atoms with Gasteiger partial charge in [-0.15, -0.1) is 0 Å². The van der Waals surface area contributed by atoms with Gasteiger partial charge in [-0.25, -0.2) is 0 Å². The van der Waals surface area contributed by atoms with Crippen LogP contribution in [0.15, 0.2) is 18.5 Å². The van der Waals surface area contributed by atoms with E-state index in [2.05, 4.69) is 21.3 Å². The van der Waals surface area contributed by atoms with Gasteiger partial charge in [0.05, 0.1) is 30.6 Å². The molecule has 1 aliphatic carbocycles. The molecular weight excluding hydrogens is 238 g/mol. The summed E-state index contributed by atoms with van der Waals surface area (Å²) in [6.07, 6.45) is 9.42. The van der Waals surface area contributed by atoms with Crippen molar-refractivity contribution < 1.29 is 4.74 Å². The number of hydrogen-bond donors (Lipinski definition) is 1. The van der Waals surface area contributed by atoms with Crippen molar-refractivity contribution in [3.05, 3.63) is 24.0 Å². The normalized spacial score (nSPS) is 27.1. The minimum absolute atomic E-state index is 0.421. The van der Waals surface area contributed by atoms with E-state index < -0.39 is 0 Å². The third kappa shape index (κ3) is 2.60. The molecule has 2 heterocycles. The van der Waals surface area contributed by atoms with Crippen LogP contribution in [-0.2, 0) is 11.3 Å². The van der Waals surface area contributed by atoms with Crippen molar-refractivity contribution >= 4 is 5.69 Å². The van der Waals surface area contributed by atoms with E-state index in [-0.39, 0.29) is 0 Å². The summed E-state index contributed by atoms with van der Waals surface area (Å²) in [5.41, 5.74) is 2.63. The average Bonchev–Trinajstić information content (AvgIpc) is 2.48. The van der Waals surface area contributed by atoms with Crippen molar-refractivity contribution in [1.29, 1.82) is 0 Å². The summed E-state index contributed by atoms with van der Waals surface area (Å²) >= 11 is 0. The van der Waals surface area contributed by atoms with E-state index in [1.807, 2.05) is 19.4 Å². The first kappa shape index (κ1) is 12.9. The summed E-state index contributed by atoms with van der Waals surface area (Å²) in [4.78, 5) is 6.86. The molecular formula is C15H23N3O. The second kappa shape index (κ2) is 5.88. The summed E-state index contributed by atoms with van der Waals surface area (Å²) in [6.45, 7) is 2.73. The van der Waals surface area contributed by atoms with Gasteiger partial charge >= 0.3 is 0 Å². The molecule has 2 aliphatic rings. The van der Waals surface area contributed by atoms with Gasteiger partial charge in [0, 0.05) is 19.3 Å². The Labute approximate surface area is 115 Å². The van der Waals surface area contributed by atoms with Crippen LogP contribution >= 0.6 is 0 Å². The van der Waals surface area contributed by atoms with Gasteiger partial charge in [0.1, 0.15) is 0 Å². The standard InChI is InChI=1S/C15H23N3O/c1-16-10-12-6-7-17-11-14(12)18-8-9-19-15-5-3-2-4-13(15)18/h6-7,11,13,15-16H,2-5,8-10H2,1H3. The summed E-state index contributed by atoms with van der Waals surface area (Å²) in [7, 11) is 1.99. The number of fused-ring (bicyclic) bond motifs is 1. The van der Waals surface area contributed by atoms with E-state index in [1.54, 1.807) is 0 Å². The van der Waals surface area contributed by atoms with Gasteiger partial charge in [-0.05, 0) is 31.5 Å². The fourth-order valence-electron chi connectivity index (χ4n) is 3.41. The zero-order valence-corrected chi connectivity index (χ0v) is 11.6. The molecule has 2 unspecified atom stereocenters. The zero-order chi connectivity index (χ0) is 13.1. The third-order valence-corrected chi connectivity index (χ3v) is 4.30. The maximum Gasteiger partial charge on any atom is 0.0779 e. The van der Waals surface area contributed by atoms with E-state index in [4.69, 9.17) is 4.74 Å². The molecule has 1 aliphatic heterocycles. The largest absolute Gasteiger partial charge is 0.374 e. The van der Waals surface area contributed by atoms with Crippen molar-refractivity contribution in [3.63, 3.8) is 0 Å². The second-order valence-corrected chi connectivity index (χ2v) is 5.49. The number of hydrogen-bond acceptors (Lipinski definition) is 4. The highest BCUT2D eigenvalue weighted by molar-refractivity contribution is 5.53. The number of rotatable bonds is 3. The number of aromatic nitrogens is 1. The van der Waals surface area contributed by atoms with E-state index in [0.29, 0.717) is 12.1 Å². The topological polar surface area (TPSA) is 37.4 Å². The number of morpholine rings is 1. The van der Waals surface area contributed by atoms with E-state index in [9.17, 15) is 0 Å². The van der Waals surface area contributed by atoms with Crippen molar-refractivity contribution in [1.82, 2.24) is 10.3 Å². The predicted molar refractivity (Wildman–Crippen MR) is 76.3 cm³/mol. The first-order chi connectivity index (χ1) is 9.40. The Kier molecular flexibility index (Phi) is 3.99. The maximum atomic E-state index is 5.96. The predicted octanol–water partition coefficient (Wildman–Crippen LogP) is 1.95. The van der Waals surface area contributed by atoms with Gasteiger partial charge in [0.15, 0.2) is 0 Å². The molecule has 0 spiro atoms. The molecule has 19 heavy (non-hydrogen) atoms. The number of ether oxygens (including phenoxy) is 1. The third-order valence-electron chi connectivity index (χ3n) is 4.30. The molecule has 2 atom stereocenters. The van der Waals surface area contributed by atoms with E-state index in [0.717, 1.165) is 19.7 Å². The van der Waals surface area contributed by atoms with Crippen LogP contribution in [-0.4, -0.2) is 37.3 Å². The summed E-state index contributed by atoms with van der Waals surface area (Å²) < 4.78 is 5.96. The fourth-order valence-corrected chi connectivity index (χ4v) is 3.41. The van der Waals surface area contributed by atoms with Gasteiger partial charge in [0.25, 0.3) is 0 Å². The molecule has 0 bridgehead atoms. The molecule has 0 radical (unpaired) electrons. The Morgan fingerprint density at radius 3 is 3.21 bits per heavy atom. The van der Waals surface area contributed by atoms with Crippen LogP contribution in [0.1, 0.15) is 31.2 Å². The van der Waals surface area contributed by atoms with Crippen molar-refractivity contribution in [3.8, 4) is 0 Å². The Morgan fingerprint density at radius 1 is 1.42 bits per heavy atom. The smallest absolute Gasteiger partial charge is 0.0779 e. The van der Waals surface area contributed by atoms with Crippen LogP contribution in [0.4, 0.5) is 5.69 Å². The lowest BCUT2D eigenvalue weighted by Crippen LogP contribution is -2.53. The van der Waals surface area contributed by atoms with Crippen LogP contribution in [0, 0.1) is 0 Å². The highest BCUT2D eigenvalue weighted by Gasteiger charge is 2.34. The molecule has 1 saturated carbocycles. The van der Waals surface area contributed by atoms with Crippen LogP contribution in [0.2, 0.25) is 0 Å². The first-order valence-corrected chi connectivity index (χ1v) is 7.36. The number of pyridine rings is 1. The molecule has 1 aromatic rings. The Morgan fingerprint density at radius 2 is 2.32 bits per heavy atom. The van der Waals surface area contributed by atoms with E-state index >= 15 is 0 Å². The lowest BCUT2D eigenvalue weighted by Gasteiger charge is -2.45. The first-order valence-electron chi connectivity index (χ1n) is 7.36. The molecule has 1 N–H and O–H groups in total. The maximum absolute atomic E-state index is 5.96. The summed E-state index contributed by atoms with van der Waals surface area (Å²) in [6, 6.07) is 2.67. The average molecular weight is 261 g/mol. The van der Waals surface area contributed by atoms with Gasteiger partial charge in [-0.1, -0.05) is 12.8 Å². The van der Waals surface area contributed by atoms with Gasteiger partial charge in [0.2, 0.25) is 0 Å². The number of nitrogens with one attached hydrogen (secondary N) is 1. The van der Waals surface area contributed by atoms with Crippen molar-refractivity contribution in [2.75, 3.05) is 25.1 Å².